The molecule has 0 saturated heterocycles. The minimum Gasteiger partial charge on any atom is -0.486 e. The highest BCUT2D eigenvalue weighted by Gasteiger charge is 2.15. The molecule has 6 heteroatoms. The number of nitrogens with one attached hydrogen (secondary N) is 1. The number of nitrogens with zero attached hydrogens (tertiary/aromatic N) is 1. The standard InChI is InChI=1S/C20H18N2O3S/c1-2-13-12-21-8-7-15(13)22-20(23)19-6-5-18(26-19)14-3-4-16-17(11-14)25-10-9-24-16/h3-8,11-12H,2,9-10H2,1H3,(H,21,22,23). The Hall–Kier alpha value is -2.86. The number of pyridine rings is 1. The second-order valence-electron chi connectivity index (χ2n) is 5.86. The van der Waals surface area contributed by atoms with Gasteiger partial charge in [0.15, 0.2) is 11.5 Å². The van der Waals surface area contributed by atoms with E-state index < -0.39 is 0 Å². The van der Waals surface area contributed by atoms with Gasteiger partial charge in [-0.05, 0) is 53.9 Å². The van der Waals surface area contributed by atoms with E-state index in [1.54, 1.807) is 12.4 Å². The molecule has 0 atom stereocenters. The molecular formula is C20H18N2O3S. The van der Waals surface area contributed by atoms with Gasteiger partial charge in [0.25, 0.3) is 5.91 Å². The predicted octanol–water partition coefficient (Wildman–Crippen LogP) is 4.40. The molecule has 1 aliphatic rings. The highest BCUT2D eigenvalue weighted by Crippen LogP contribution is 2.37. The number of thiophene rings is 1. The van der Waals surface area contributed by atoms with Crippen LogP contribution in [0.4, 0.5) is 5.69 Å². The molecule has 0 fully saturated rings. The van der Waals surface area contributed by atoms with E-state index >= 15 is 0 Å². The lowest BCUT2D eigenvalue weighted by atomic mass is 10.1. The zero-order valence-corrected chi connectivity index (χ0v) is 15.1. The Morgan fingerprint density at radius 2 is 2.00 bits per heavy atom. The average molecular weight is 366 g/mol. The molecule has 1 aromatic carbocycles. The fourth-order valence-electron chi connectivity index (χ4n) is 2.83. The SMILES string of the molecule is CCc1cnccc1NC(=O)c1ccc(-c2ccc3c(c2)OCCO3)s1. The first-order valence-corrected chi connectivity index (χ1v) is 9.30. The van der Waals surface area contributed by atoms with Gasteiger partial charge in [-0.15, -0.1) is 11.3 Å². The maximum absolute atomic E-state index is 12.6. The van der Waals surface area contributed by atoms with Crippen LogP contribution in [0.1, 0.15) is 22.2 Å². The molecule has 0 radical (unpaired) electrons. The molecule has 2 aromatic heterocycles. The Balaban J connectivity index is 1.55. The Labute approximate surface area is 155 Å². The number of ether oxygens (including phenoxy) is 2. The van der Waals surface area contributed by atoms with Crippen LogP contribution in [0.5, 0.6) is 11.5 Å². The zero-order chi connectivity index (χ0) is 17.9. The summed E-state index contributed by atoms with van der Waals surface area (Å²) in [6.07, 6.45) is 4.28. The predicted molar refractivity (Wildman–Crippen MR) is 102 cm³/mol. The summed E-state index contributed by atoms with van der Waals surface area (Å²) in [5, 5.41) is 2.98. The van der Waals surface area contributed by atoms with Gasteiger partial charge in [-0.25, -0.2) is 0 Å². The number of anilines is 1. The molecule has 0 bridgehead atoms. The van der Waals surface area contributed by atoms with Crippen LogP contribution in [0.2, 0.25) is 0 Å². The molecule has 0 spiro atoms. The summed E-state index contributed by atoms with van der Waals surface area (Å²) in [7, 11) is 0. The van der Waals surface area contributed by atoms with Crippen molar-refractivity contribution in [2.45, 2.75) is 13.3 Å². The van der Waals surface area contributed by atoms with Crippen molar-refractivity contribution in [3.05, 3.63) is 59.2 Å². The first-order valence-electron chi connectivity index (χ1n) is 8.48. The van der Waals surface area contributed by atoms with Gasteiger partial charge >= 0.3 is 0 Å². The third-order valence-electron chi connectivity index (χ3n) is 4.19. The molecule has 26 heavy (non-hydrogen) atoms. The fraction of sp³-hybridized carbons (Fsp3) is 0.200. The van der Waals surface area contributed by atoms with E-state index in [9.17, 15) is 4.79 Å². The molecule has 0 saturated carbocycles. The van der Waals surface area contributed by atoms with Crippen LogP contribution in [0.25, 0.3) is 10.4 Å². The smallest absolute Gasteiger partial charge is 0.265 e. The summed E-state index contributed by atoms with van der Waals surface area (Å²) in [6, 6.07) is 11.5. The molecule has 0 unspecified atom stereocenters. The van der Waals surface area contributed by atoms with E-state index in [4.69, 9.17) is 9.47 Å². The van der Waals surface area contributed by atoms with Crippen molar-refractivity contribution in [3.63, 3.8) is 0 Å². The molecule has 1 N–H and O–H groups in total. The van der Waals surface area contributed by atoms with Crippen LogP contribution < -0.4 is 14.8 Å². The molecule has 0 aliphatic carbocycles. The number of hydrogen-bond acceptors (Lipinski definition) is 5. The molecule has 5 nitrogen and oxygen atoms in total. The van der Waals surface area contributed by atoms with Crippen molar-refractivity contribution in [1.82, 2.24) is 4.98 Å². The number of carbonyl (C=O) groups is 1. The lowest BCUT2D eigenvalue weighted by molar-refractivity contribution is 0.103. The summed E-state index contributed by atoms with van der Waals surface area (Å²) >= 11 is 1.45. The Morgan fingerprint density at radius 3 is 2.85 bits per heavy atom. The lowest BCUT2D eigenvalue weighted by Gasteiger charge is -2.18. The Kier molecular flexibility index (Phi) is 4.58. The number of hydrogen-bond donors (Lipinski definition) is 1. The van der Waals surface area contributed by atoms with Crippen molar-refractivity contribution >= 4 is 22.9 Å². The van der Waals surface area contributed by atoms with E-state index in [-0.39, 0.29) is 5.91 Å². The first-order chi connectivity index (χ1) is 12.7. The van der Waals surface area contributed by atoms with Gasteiger partial charge in [0.05, 0.1) is 4.88 Å². The third-order valence-corrected chi connectivity index (χ3v) is 5.32. The van der Waals surface area contributed by atoms with Crippen molar-refractivity contribution in [1.29, 1.82) is 0 Å². The highest BCUT2D eigenvalue weighted by molar-refractivity contribution is 7.17. The third kappa shape index (κ3) is 3.28. The number of rotatable bonds is 4. The largest absolute Gasteiger partial charge is 0.486 e. The van der Waals surface area contributed by atoms with Crippen LogP contribution in [0, 0.1) is 0 Å². The van der Waals surface area contributed by atoms with Gasteiger partial charge in [0, 0.05) is 23.0 Å². The molecule has 1 amide bonds. The number of fused-ring (bicyclic) bond motifs is 1. The van der Waals surface area contributed by atoms with Crippen LogP contribution in [-0.4, -0.2) is 24.1 Å². The highest BCUT2D eigenvalue weighted by atomic mass is 32.1. The summed E-state index contributed by atoms with van der Waals surface area (Å²) in [4.78, 5) is 18.4. The van der Waals surface area contributed by atoms with Crippen molar-refractivity contribution in [2.24, 2.45) is 0 Å². The van der Waals surface area contributed by atoms with Gasteiger partial charge in [-0.3, -0.25) is 9.78 Å². The van der Waals surface area contributed by atoms with Crippen molar-refractivity contribution in [2.75, 3.05) is 18.5 Å². The van der Waals surface area contributed by atoms with E-state index in [0.717, 1.165) is 39.6 Å². The van der Waals surface area contributed by atoms with Crippen LogP contribution in [-0.2, 0) is 6.42 Å². The van der Waals surface area contributed by atoms with Gasteiger partial charge in [-0.2, -0.15) is 0 Å². The number of aromatic nitrogens is 1. The normalized spacial score (nSPS) is 12.7. The molecule has 3 aromatic rings. The number of aryl methyl sites for hydroxylation is 1. The number of benzene rings is 1. The van der Waals surface area contributed by atoms with Gasteiger partial charge in [-0.1, -0.05) is 6.92 Å². The quantitative estimate of drug-likeness (QED) is 0.744. The average Bonchev–Trinajstić information content (AvgIpc) is 3.18. The van der Waals surface area contributed by atoms with E-state index in [0.29, 0.717) is 18.1 Å². The Bertz CT molecular complexity index is 952. The van der Waals surface area contributed by atoms with E-state index in [2.05, 4.69) is 10.3 Å². The van der Waals surface area contributed by atoms with Gasteiger partial charge in [0.2, 0.25) is 0 Å². The summed E-state index contributed by atoms with van der Waals surface area (Å²) in [5.41, 5.74) is 2.84. The summed E-state index contributed by atoms with van der Waals surface area (Å²) in [6.45, 7) is 3.17. The zero-order valence-electron chi connectivity index (χ0n) is 14.3. The first kappa shape index (κ1) is 16.6. The minimum atomic E-state index is -0.111. The van der Waals surface area contributed by atoms with Crippen molar-refractivity contribution in [3.8, 4) is 21.9 Å². The molecule has 3 heterocycles. The summed E-state index contributed by atoms with van der Waals surface area (Å²) < 4.78 is 11.2. The maximum Gasteiger partial charge on any atom is 0.265 e. The topological polar surface area (TPSA) is 60.5 Å². The molecular weight excluding hydrogens is 348 g/mol. The van der Waals surface area contributed by atoms with E-state index in [1.165, 1.54) is 11.3 Å². The monoisotopic (exact) mass is 366 g/mol. The van der Waals surface area contributed by atoms with Gasteiger partial charge < -0.3 is 14.8 Å². The number of carbonyl (C=O) groups excluding carboxylic acids is 1. The van der Waals surface area contributed by atoms with Crippen molar-refractivity contribution < 1.29 is 14.3 Å². The van der Waals surface area contributed by atoms with Crippen LogP contribution in [0.15, 0.2) is 48.8 Å². The molecule has 132 valence electrons. The fourth-order valence-corrected chi connectivity index (χ4v) is 3.72. The minimum absolute atomic E-state index is 0.111. The van der Waals surface area contributed by atoms with Crippen LogP contribution in [0.3, 0.4) is 0 Å². The lowest BCUT2D eigenvalue weighted by Crippen LogP contribution is -2.15. The Morgan fingerprint density at radius 1 is 1.15 bits per heavy atom. The van der Waals surface area contributed by atoms with Crippen LogP contribution >= 0.6 is 11.3 Å². The molecule has 4 rings (SSSR count). The van der Waals surface area contributed by atoms with E-state index in [1.807, 2.05) is 43.3 Å². The second kappa shape index (κ2) is 7.17. The van der Waals surface area contributed by atoms with Gasteiger partial charge in [0.1, 0.15) is 13.2 Å². The maximum atomic E-state index is 12.6. The molecule has 1 aliphatic heterocycles. The summed E-state index contributed by atoms with van der Waals surface area (Å²) in [5.74, 6) is 1.40. The second-order valence-corrected chi connectivity index (χ2v) is 6.95. The number of amides is 1.